The first-order valence-electron chi connectivity index (χ1n) is 9.97. The number of carbonyl (C=O) groups is 2. The van der Waals surface area contributed by atoms with Crippen LogP contribution in [0, 0.1) is 0 Å². The maximum atomic E-state index is 13.2. The van der Waals surface area contributed by atoms with Crippen molar-refractivity contribution in [1.29, 1.82) is 0 Å². The van der Waals surface area contributed by atoms with E-state index < -0.39 is 17.7 Å². The highest BCUT2D eigenvalue weighted by atomic mass is 32.1. The molecule has 2 aliphatic heterocycles. The minimum atomic E-state index is -0.626. The van der Waals surface area contributed by atoms with Gasteiger partial charge in [0.2, 0.25) is 5.78 Å². The van der Waals surface area contributed by atoms with Crippen molar-refractivity contribution in [3.63, 3.8) is 0 Å². The highest BCUT2D eigenvalue weighted by Gasteiger charge is 2.44. The Hall–Kier alpha value is -2.68. The summed E-state index contributed by atoms with van der Waals surface area (Å²) in [6.07, 6.45) is 0. The lowest BCUT2D eigenvalue weighted by Crippen LogP contribution is -3.14. The first-order chi connectivity index (χ1) is 14.6. The molecule has 1 atom stereocenters. The van der Waals surface area contributed by atoms with Crippen LogP contribution in [0.1, 0.15) is 21.3 Å². The Labute approximate surface area is 179 Å². The molecule has 0 radical (unpaired) electrons. The van der Waals surface area contributed by atoms with E-state index in [-0.39, 0.29) is 11.4 Å². The average Bonchev–Trinajstić information content (AvgIpc) is 3.41. The minimum absolute atomic E-state index is 0.143. The lowest BCUT2D eigenvalue weighted by atomic mass is 9.95. The smallest absolute Gasteiger partial charge is 0.290 e. The molecule has 2 N–H and O–H groups in total. The summed E-state index contributed by atoms with van der Waals surface area (Å²) in [6, 6.07) is 10.1. The Balaban J connectivity index is 1.66. The maximum absolute atomic E-state index is 13.2. The lowest BCUT2D eigenvalue weighted by Gasteiger charge is -2.30. The van der Waals surface area contributed by atoms with Gasteiger partial charge in [-0.2, -0.15) is 0 Å². The van der Waals surface area contributed by atoms with Crippen molar-refractivity contribution in [3.05, 3.63) is 63.6 Å². The molecule has 7 nitrogen and oxygen atoms in total. The van der Waals surface area contributed by atoms with Crippen LogP contribution >= 0.6 is 11.3 Å². The molecule has 3 heterocycles. The molecular weight excluding hydrogens is 404 g/mol. The Morgan fingerprint density at radius 3 is 2.63 bits per heavy atom. The number of benzene rings is 1. The van der Waals surface area contributed by atoms with E-state index in [0.29, 0.717) is 30.4 Å². The van der Waals surface area contributed by atoms with Crippen molar-refractivity contribution >= 4 is 23.0 Å². The Kier molecular flexibility index (Phi) is 6.17. The predicted molar refractivity (Wildman–Crippen MR) is 112 cm³/mol. The molecule has 158 valence electrons. The third-order valence-electron chi connectivity index (χ3n) is 5.63. The highest BCUT2D eigenvalue weighted by molar-refractivity contribution is 7.12. The van der Waals surface area contributed by atoms with Gasteiger partial charge in [0, 0.05) is 0 Å². The summed E-state index contributed by atoms with van der Waals surface area (Å²) in [5.74, 6) is -0.570. The molecule has 1 amide bonds. The van der Waals surface area contributed by atoms with Gasteiger partial charge in [0.05, 0.1) is 49.9 Å². The fourth-order valence-electron chi connectivity index (χ4n) is 3.98. The fourth-order valence-corrected chi connectivity index (χ4v) is 4.66. The van der Waals surface area contributed by atoms with Gasteiger partial charge in [0.25, 0.3) is 5.91 Å². The second-order valence-corrected chi connectivity index (χ2v) is 8.30. The Morgan fingerprint density at radius 1 is 1.27 bits per heavy atom. The molecule has 8 heteroatoms. The predicted octanol–water partition coefficient (Wildman–Crippen LogP) is 1.25. The number of nitrogens with zero attached hydrogens (tertiary/aromatic N) is 1. The third-order valence-corrected chi connectivity index (χ3v) is 6.50. The van der Waals surface area contributed by atoms with E-state index in [1.807, 2.05) is 17.5 Å². The number of ether oxygens (including phenoxy) is 2. The van der Waals surface area contributed by atoms with Crippen LogP contribution in [-0.2, 0) is 9.53 Å². The van der Waals surface area contributed by atoms with Crippen LogP contribution in [0.4, 0.5) is 0 Å². The van der Waals surface area contributed by atoms with Gasteiger partial charge in [-0.3, -0.25) is 9.59 Å². The first-order valence-corrected chi connectivity index (χ1v) is 10.9. The second-order valence-electron chi connectivity index (χ2n) is 7.36. The number of thiophene rings is 1. The van der Waals surface area contributed by atoms with Crippen LogP contribution in [0.15, 0.2) is 53.1 Å². The monoisotopic (exact) mass is 429 g/mol. The molecule has 4 rings (SSSR count). The normalized spacial score (nSPS) is 20.1. The molecule has 1 aromatic carbocycles. The number of amides is 1. The molecule has 2 aliphatic rings. The van der Waals surface area contributed by atoms with Gasteiger partial charge in [0.15, 0.2) is 5.76 Å². The standard InChI is InChI=1S/C22H24N2O5S/c1-28-16-6-4-15(5-7-16)19-18(20(25)17-3-2-14-30-17)21(26)22(27)24(19)9-8-23-10-12-29-13-11-23/h2-7,14,19,26H,8-13H2,1H3/p+1. The second kappa shape index (κ2) is 8.99. The van der Waals surface area contributed by atoms with Crippen molar-refractivity contribution in [2.24, 2.45) is 0 Å². The first kappa shape index (κ1) is 20.6. The van der Waals surface area contributed by atoms with Gasteiger partial charge < -0.3 is 24.4 Å². The summed E-state index contributed by atoms with van der Waals surface area (Å²) in [6.45, 7) is 4.35. The van der Waals surface area contributed by atoms with Crippen LogP contribution < -0.4 is 9.64 Å². The highest BCUT2D eigenvalue weighted by Crippen LogP contribution is 2.39. The molecule has 1 aromatic heterocycles. The van der Waals surface area contributed by atoms with Crippen molar-refractivity contribution < 1.29 is 29.1 Å². The quantitative estimate of drug-likeness (QED) is 0.648. The molecule has 2 aromatic rings. The molecular formula is C22H25N2O5S+. The topological polar surface area (TPSA) is 80.5 Å². The van der Waals surface area contributed by atoms with E-state index in [9.17, 15) is 14.7 Å². The van der Waals surface area contributed by atoms with E-state index in [1.165, 1.54) is 16.2 Å². The van der Waals surface area contributed by atoms with Crippen molar-refractivity contribution in [3.8, 4) is 5.75 Å². The number of hydrogen-bond acceptors (Lipinski definition) is 6. The summed E-state index contributed by atoms with van der Waals surface area (Å²) < 4.78 is 10.6. The number of aliphatic hydroxyl groups excluding tert-OH is 1. The molecule has 0 saturated carbocycles. The summed E-state index contributed by atoms with van der Waals surface area (Å²) in [4.78, 5) is 29.6. The van der Waals surface area contributed by atoms with Crippen LogP contribution in [0.3, 0.4) is 0 Å². The van der Waals surface area contributed by atoms with Gasteiger partial charge in [-0.15, -0.1) is 11.3 Å². The zero-order chi connectivity index (χ0) is 21.1. The number of aliphatic hydroxyl groups is 1. The minimum Gasteiger partial charge on any atom is -0.503 e. The SMILES string of the molecule is COc1ccc(C2C(C(=O)c3cccs3)=C(O)C(=O)N2CC[NH+]2CCOCC2)cc1. The summed E-state index contributed by atoms with van der Waals surface area (Å²) >= 11 is 1.30. The number of Topliss-reactive ketones (excluding diaryl/α,β-unsaturated/α-hetero) is 1. The molecule has 30 heavy (non-hydrogen) atoms. The number of morpholine rings is 1. The number of ketones is 1. The molecule has 0 spiro atoms. The van der Waals surface area contributed by atoms with Crippen LogP contribution in [0.2, 0.25) is 0 Å². The number of rotatable bonds is 7. The molecule has 0 bridgehead atoms. The van der Waals surface area contributed by atoms with Gasteiger partial charge in [0.1, 0.15) is 18.8 Å². The Bertz CT molecular complexity index is 933. The largest absolute Gasteiger partial charge is 0.503 e. The van der Waals surface area contributed by atoms with E-state index in [0.717, 1.165) is 25.2 Å². The molecule has 0 aliphatic carbocycles. The van der Waals surface area contributed by atoms with Gasteiger partial charge >= 0.3 is 0 Å². The zero-order valence-corrected chi connectivity index (χ0v) is 17.6. The number of hydrogen-bond donors (Lipinski definition) is 2. The summed E-state index contributed by atoms with van der Waals surface area (Å²) in [7, 11) is 1.59. The maximum Gasteiger partial charge on any atom is 0.290 e. The van der Waals surface area contributed by atoms with Crippen LogP contribution in [0.25, 0.3) is 0 Å². The van der Waals surface area contributed by atoms with Crippen molar-refractivity contribution in [2.45, 2.75) is 6.04 Å². The number of methoxy groups -OCH3 is 1. The van der Waals surface area contributed by atoms with E-state index in [1.54, 1.807) is 36.3 Å². The van der Waals surface area contributed by atoms with Crippen LogP contribution in [0.5, 0.6) is 5.75 Å². The van der Waals surface area contributed by atoms with Crippen molar-refractivity contribution in [2.75, 3.05) is 46.5 Å². The number of nitrogens with one attached hydrogen (secondary N) is 1. The lowest BCUT2D eigenvalue weighted by molar-refractivity contribution is -0.907. The van der Waals surface area contributed by atoms with E-state index in [2.05, 4.69) is 0 Å². The fraction of sp³-hybridized carbons (Fsp3) is 0.364. The van der Waals surface area contributed by atoms with Gasteiger partial charge in [-0.05, 0) is 29.1 Å². The van der Waals surface area contributed by atoms with Gasteiger partial charge in [-0.1, -0.05) is 18.2 Å². The average molecular weight is 430 g/mol. The van der Waals surface area contributed by atoms with Crippen LogP contribution in [-0.4, -0.2) is 68.2 Å². The van der Waals surface area contributed by atoms with Gasteiger partial charge in [-0.25, -0.2) is 0 Å². The summed E-state index contributed by atoms with van der Waals surface area (Å²) in [5.41, 5.74) is 0.912. The third kappa shape index (κ3) is 3.98. The molecule has 1 fully saturated rings. The van der Waals surface area contributed by atoms with E-state index >= 15 is 0 Å². The molecule has 1 unspecified atom stereocenters. The molecule has 1 saturated heterocycles. The number of quaternary nitrogens is 1. The summed E-state index contributed by atoms with van der Waals surface area (Å²) in [5, 5.41) is 12.5. The zero-order valence-electron chi connectivity index (χ0n) is 16.8. The van der Waals surface area contributed by atoms with E-state index in [4.69, 9.17) is 9.47 Å². The Morgan fingerprint density at radius 2 is 2.00 bits per heavy atom. The number of carbonyl (C=O) groups excluding carboxylic acids is 2. The van der Waals surface area contributed by atoms with Crippen molar-refractivity contribution in [1.82, 2.24) is 4.90 Å².